The summed E-state index contributed by atoms with van der Waals surface area (Å²) in [6, 6.07) is 3.12. The number of ether oxygens (including phenoxy) is 3. The maximum absolute atomic E-state index is 12.5. The molecule has 1 saturated heterocycles. The molecule has 4 atom stereocenters. The smallest absolute Gasteiger partial charge is 0.308 e. The summed E-state index contributed by atoms with van der Waals surface area (Å²) < 4.78 is 16.5. The first-order chi connectivity index (χ1) is 12.3. The van der Waals surface area contributed by atoms with E-state index in [0.717, 1.165) is 0 Å². The molecule has 1 N–H and O–H groups in total. The van der Waals surface area contributed by atoms with Crippen LogP contribution in [0.3, 0.4) is 0 Å². The molecule has 1 aliphatic heterocycles. The van der Waals surface area contributed by atoms with Crippen LogP contribution in [0, 0.1) is 11.8 Å². The molecule has 3 aliphatic rings. The molecule has 0 amide bonds. The zero-order valence-corrected chi connectivity index (χ0v) is 14.6. The normalized spacial score (nSPS) is 31.8. The van der Waals surface area contributed by atoms with Gasteiger partial charge >= 0.3 is 11.9 Å². The van der Waals surface area contributed by atoms with Gasteiger partial charge in [-0.15, -0.1) is 0 Å². The Bertz CT molecular complexity index is 814. The average Bonchev–Trinajstić information content (AvgIpc) is 2.91. The Labute approximate surface area is 150 Å². The molecule has 0 bridgehead atoms. The number of carbonyl (C=O) groups excluding carboxylic acids is 3. The minimum Gasteiger partial charge on any atom is -0.426 e. The summed E-state index contributed by atoms with van der Waals surface area (Å²) in [6.07, 6.45) is 0.405. The molecule has 0 radical (unpaired) electrons. The van der Waals surface area contributed by atoms with Crippen LogP contribution in [0.5, 0.6) is 11.5 Å². The lowest BCUT2D eigenvalue weighted by atomic mass is 9.61. The Balaban J connectivity index is 1.88. The minimum absolute atomic E-state index is 0.0764. The number of hydrogen-bond acceptors (Lipinski definition) is 7. The molecule has 2 fully saturated rings. The highest BCUT2D eigenvalue weighted by Gasteiger charge is 2.60. The number of Topliss-reactive ketones (excluding diaryl/α,β-unsaturated/α-hetero) is 1. The molecule has 26 heavy (non-hydrogen) atoms. The van der Waals surface area contributed by atoms with Gasteiger partial charge in [0.1, 0.15) is 17.3 Å². The van der Waals surface area contributed by atoms with E-state index in [9.17, 15) is 19.5 Å². The van der Waals surface area contributed by atoms with E-state index in [1.165, 1.54) is 13.8 Å². The van der Waals surface area contributed by atoms with Crippen LogP contribution in [0.1, 0.15) is 43.9 Å². The van der Waals surface area contributed by atoms with Crippen molar-refractivity contribution >= 4 is 17.7 Å². The first kappa shape index (κ1) is 17.2. The van der Waals surface area contributed by atoms with Crippen molar-refractivity contribution in [2.75, 3.05) is 6.61 Å². The fraction of sp³-hybridized carbons (Fsp3) is 0.526. The molecule has 4 rings (SSSR count). The summed E-state index contributed by atoms with van der Waals surface area (Å²) in [6.45, 7) is 2.73. The second-order valence-electron chi connectivity index (χ2n) is 7.28. The third-order valence-corrected chi connectivity index (χ3v) is 5.60. The second kappa shape index (κ2) is 5.89. The van der Waals surface area contributed by atoms with Crippen LogP contribution in [0.4, 0.5) is 0 Å². The Morgan fingerprint density at radius 3 is 2.54 bits per heavy atom. The second-order valence-corrected chi connectivity index (χ2v) is 7.28. The number of rotatable bonds is 2. The van der Waals surface area contributed by atoms with Crippen molar-refractivity contribution in [3.05, 3.63) is 23.3 Å². The molecule has 7 nitrogen and oxygen atoms in total. The summed E-state index contributed by atoms with van der Waals surface area (Å²) in [4.78, 5) is 35.5. The molecule has 1 aromatic rings. The van der Waals surface area contributed by atoms with E-state index >= 15 is 0 Å². The molecular weight excluding hydrogens is 340 g/mol. The standard InChI is InChI=1S/C19H20O7/c1-9(20)25-14-3-4-15(26-10(2)21)16-12(14)7-11-13(22)5-6-19(23)8-24-18(16)17(11)19/h3-4,11,17-18,23H,5-8H2,1-2H3/t11?,17-,18+,19-/m1/s1. The zero-order chi connectivity index (χ0) is 18.6. The Hall–Kier alpha value is -2.25. The van der Waals surface area contributed by atoms with Gasteiger partial charge in [-0.1, -0.05) is 0 Å². The lowest BCUT2D eigenvalue weighted by Crippen LogP contribution is -2.50. The van der Waals surface area contributed by atoms with Gasteiger partial charge in [0.05, 0.1) is 18.3 Å². The Kier molecular flexibility index (Phi) is 3.89. The topological polar surface area (TPSA) is 99.1 Å². The first-order valence-corrected chi connectivity index (χ1v) is 8.69. The molecular formula is C19H20O7. The minimum atomic E-state index is -1.06. The van der Waals surface area contributed by atoms with E-state index in [2.05, 4.69) is 0 Å². The van der Waals surface area contributed by atoms with E-state index in [1.807, 2.05) is 0 Å². The molecule has 138 valence electrons. The van der Waals surface area contributed by atoms with Gasteiger partial charge in [0.15, 0.2) is 0 Å². The SMILES string of the molecule is CC(=O)Oc1ccc(OC(C)=O)c2c1CC1C(=O)CC[C@@]3(O)CO[C@@H]2[C@@H]13. The number of carbonyl (C=O) groups is 3. The van der Waals surface area contributed by atoms with E-state index in [1.54, 1.807) is 12.1 Å². The summed E-state index contributed by atoms with van der Waals surface area (Å²) in [5.41, 5.74) is 0.154. The van der Waals surface area contributed by atoms with Crippen LogP contribution < -0.4 is 9.47 Å². The molecule has 2 aliphatic carbocycles. The van der Waals surface area contributed by atoms with E-state index in [4.69, 9.17) is 14.2 Å². The summed E-state index contributed by atoms with van der Waals surface area (Å²) in [7, 11) is 0. The fourth-order valence-electron chi connectivity index (χ4n) is 4.63. The lowest BCUT2D eigenvalue weighted by Gasteiger charge is -2.43. The van der Waals surface area contributed by atoms with Gasteiger partial charge in [0.25, 0.3) is 0 Å². The van der Waals surface area contributed by atoms with Crippen molar-refractivity contribution in [3.8, 4) is 11.5 Å². The molecule has 1 unspecified atom stereocenters. The van der Waals surface area contributed by atoms with Crippen molar-refractivity contribution < 1.29 is 33.7 Å². The Morgan fingerprint density at radius 2 is 1.85 bits per heavy atom. The number of esters is 2. The molecule has 1 aromatic carbocycles. The third kappa shape index (κ3) is 2.54. The maximum atomic E-state index is 12.5. The Morgan fingerprint density at radius 1 is 1.19 bits per heavy atom. The highest BCUT2D eigenvalue weighted by atomic mass is 16.5. The maximum Gasteiger partial charge on any atom is 0.308 e. The number of fused-ring (bicyclic) bond motifs is 2. The van der Waals surface area contributed by atoms with Crippen LogP contribution in [0.15, 0.2) is 12.1 Å². The van der Waals surface area contributed by atoms with E-state index in [-0.39, 0.29) is 12.4 Å². The van der Waals surface area contributed by atoms with Gasteiger partial charge in [-0.25, -0.2) is 0 Å². The molecule has 0 aromatic heterocycles. The first-order valence-electron chi connectivity index (χ1n) is 8.69. The van der Waals surface area contributed by atoms with Crippen LogP contribution in [-0.2, 0) is 25.5 Å². The van der Waals surface area contributed by atoms with Crippen molar-refractivity contribution in [1.82, 2.24) is 0 Å². The van der Waals surface area contributed by atoms with Gasteiger partial charge in [0.2, 0.25) is 0 Å². The molecule has 1 saturated carbocycles. The predicted molar refractivity (Wildman–Crippen MR) is 87.6 cm³/mol. The van der Waals surface area contributed by atoms with Crippen molar-refractivity contribution in [2.45, 2.75) is 44.8 Å². The highest BCUT2D eigenvalue weighted by molar-refractivity contribution is 5.84. The van der Waals surface area contributed by atoms with Gasteiger partial charge in [-0.2, -0.15) is 0 Å². The van der Waals surface area contributed by atoms with E-state index < -0.39 is 35.5 Å². The van der Waals surface area contributed by atoms with Gasteiger partial charge in [-0.3, -0.25) is 14.4 Å². The largest absolute Gasteiger partial charge is 0.426 e. The monoisotopic (exact) mass is 360 g/mol. The summed E-state index contributed by atoms with van der Waals surface area (Å²) >= 11 is 0. The summed E-state index contributed by atoms with van der Waals surface area (Å²) in [5, 5.41) is 11.0. The summed E-state index contributed by atoms with van der Waals surface area (Å²) in [5.74, 6) is -1.04. The quantitative estimate of drug-likeness (QED) is 0.630. The average molecular weight is 360 g/mol. The number of aliphatic hydroxyl groups is 1. The van der Waals surface area contributed by atoms with Gasteiger partial charge in [-0.05, 0) is 25.0 Å². The van der Waals surface area contributed by atoms with Crippen LogP contribution in [-0.4, -0.2) is 35.0 Å². The van der Waals surface area contributed by atoms with Gasteiger partial charge in [0, 0.05) is 43.2 Å². The molecule has 1 heterocycles. The van der Waals surface area contributed by atoms with E-state index in [0.29, 0.717) is 41.9 Å². The van der Waals surface area contributed by atoms with Gasteiger partial charge < -0.3 is 19.3 Å². The van der Waals surface area contributed by atoms with Crippen LogP contribution in [0.2, 0.25) is 0 Å². The number of hydrogen-bond donors (Lipinski definition) is 1. The molecule has 0 spiro atoms. The lowest BCUT2D eigenvalue weighted by molar-refractivity contribution is -0.138. The van der Waals surface area contributed by atoms with Crippen molar-refractivity contribution in [2.24, 2.45) is 11.8 Å². The highest BCUT2D eigenvalue weighted by Crippen LogP contribution is 2.57. The van der Waals surface area contributed by atoms with Crippen LogP contribution >= 0.6 is 0 Å². The fourth-order valence-corrected chi connectivity index (χ4v) is 4.63. The van der Waals surface area contributed by atoms with Crippen molar-refractivity contribution in [1.29, 1.82) is 0 Å². The van der Waals surface area contributed by atoms with Crippen molar-refractivity contribution in [3.63, 3.8) is 0 Å². The predicted octanol–water partition coefficient (Wildman–Crippen LogP) is 1.49. The number of benzene rings is 1. The third-order valence-electron chi connectivity index (χ3n) is 5.60. The van der Waals surface area contributed by atoms with Crippen LogP contribution in [0.25, 0.3) is 0 Å². The number of ketones is 1. The zero-order valence-electron chi connectivity index (χ0n) is 14.6. The molecule has 7 heteroatoms.